The van der Waals surface area contributed by atoms with Crippen molar-refractivity contribution in [1.29, 1.82) is 0 Å². The number of hydrogen-bond acceptors (Lipinski definition) is 1. The number of rotatable bonds is 8. The molecule has 0 aliphatic heterocycles. The maximum Gasteiger partial charge on any atom is 0.449 e. The molecule has 0 fully saturated rings. The van der Waals surface area contributed by atoms with Crippen molar-refractivity contribution in [2.75, 3.05) is 0 Å². The minimum absolute atomic E-state index is 0.106. The predicted octanol–water partition coefficient (Wildman–Crippen LogP) is 4.50. The Kier molecular flexibility index (Phi) is 7.43. The Morgan fingerprint density at radius 2 is 1.75 bits per heavy atom. The quantitative estimate of drug-likeness (QED) is 0.569. The molecule has 4 heteroatoms. The van der Waals surface area contributed by atoms with Crippen molar-refractivity contribution in [2.24, 2.45) is 5.92 Å². The fraction of sp³-hybridized carbons (Fsp3) is 0.917. The fourth-order valence-corrected chi connectivity index (χ4v) is 1.69. The Bertz CT molecular complexity index is 199. The fourth-order valence-electron chi connectivity index (χ4n) is 1.69. The van der Waals surface area contributed by atoms with Crippen LogP contribution in [0.15, 0.2) is 0 Å². The largest absolute Gasteiger partial charge is 0.449 e. The van der Waals surface area contributed by atoms with Gasteiger partial charge in [0.2, 0.25) is 5.78 Å². The number of carbonyl (C=O) groups excluding carboxylic acids is 1. The molecule has 0 aromatic carbocycles. The normalized spacial score (nSPS) is 13.8. The SMILES string of the molecule is CCCCCCC(CC)CC(=O)C(F)(F)F. The van der Waals surface area contributed by atoms with Crippen LogP contribution in [0.4, 0.5) is 13.2 Å². The molecule has 1 unspecified atom stereocenters. The van der Waals surface area contributed by atoms with Gasteiger partial charge in [-0.25, -0.2) is 0 Å². The summed E-state index contributed by atoms with van der Waals surface area (Å²) in [5.74, 6) is -1.68. The standard InChI is InChI=1S/C12H21F3O/c1-3-5-6-7-8-10(4-2)9-11(16)12(13,14)15/h10H,3-9H2,1-2H3. The zero-order valence-corrected chi connectivity index (χ0v) is 10.1. The van der Waals surface area contributed by atoms with Crippen LogP contribution in [0.25, 0.3) is 0 Å². The first-order valence-corrected chi connectivity index (χ1v) is 6.01. The highest BCUT2D eigenvalue weighted by atomic mass is 19.4. The summed E-state index contributed by atoms with van der Waals surface area (Å²) in [6.45, 7) is 3.93. The second-order valence-electron chi connectivity index (χ2n) is 4.25. The van der Waals surface area contributed by atoms with Crippen LogP contribution in [0.1, 0.15) is 58.8 Å². The average molecular weight is 238 g/mol. The molecule has 0 aliphatic carbocycles. The van der Waals surface area contributed by atoms with Crippen molar-refractivity contribution in [3.63, 3.8) is 0 Å². The minimum atomic E-state index is -4.66. The molecular weight excluding hydrogens is 217 g/mol. The third kappa shape index (κ3) is 6.85. The van der Waals surface area contributed by atoms with Crippen LogP contribution in [0, 0.1) is 5.92 Å². The summed E-state index contributed by atoms with van der Waals surface area (Å²) in [6, 6.07) is 0. The molecule has 0 heterocycles. The number of halogens is 3. The van der Waals surface area contributed by atoms with Gasteiger partial charge in [-0.2, -0.15) is 13.2 Å². The maximum absolute atomic E-state index is 12.0. The number of ketones is 1. The van der Waals surface area contributed by atoms with Crippen LogP contribution in [0.5, 0.6) is 0 Å². The lowest BCUT2D eigenvalue weighted by atomic mass is 9.93. The number of hydrogen-bond donors (Lipinski definition) is 0. The summed E-state index contributed by atoms with van der Waals surface area (Å²) in [6.07, 6.45) is 0.585. The van der Waals surface area contributed by atoms with E-state index in [0.717, 1.165) is 32.1 Å². The predicted molar refractivity (Wildman–Crippen MR) is 58.2 cm³/mol. The molecule has 0 bridgehead atoms. The smallest absolute Gasteiger partial charge is 0.290 e. The highest BCUT2D eigenvalue weighted by Gasteiger charge is 2.38. The second kappa shape index (κ2) is 7.69. The van der Waals surface area contributed by atoms with Gasteiger partial charge in [0.1, 0.15) is 0 Å². The molecule has 0 aromatic heterocycles. The zero-order chi connectivity index (χ0) is 12.6. The summed E-state index contributed by atoms with van der Waals surface area (Å²) in [5.41, 5.74) is 0. The molecule has 0 rings (SSSR count). The van der Waals surface area contributed by atoms with E-state index in [9.17, 15) is 18.0 Å². The Hall–Kier alpha value is -0.540. The van der Waals surface area contributed by atoms with E-state index in [0.29, 0.717) is 6.42 Å². The molecule has 0 aromatic rings. The molecule has 0 saturated carbocycles. The molecule has 16 heavy (non-hydrogen) atoms. The Morgan fingerprint density at radius 1 is 1.12 bits per heavy atom. The van der Waals surface area contributed by atoms with Crippen LogP contribution in [0.3, 0.4) is 0 Å². The lowest BCUT2D eigenvalue weighted by Gasteiger charge is -2.14. The zero-order valence-electron chi connectivity index (χ0n) is 10.1. The molecule has 0 N–H and O–H groups in total. The average Bonchev–Trinajstić information content (AvgIpc) is 2.20. The van der Waals surface area contributed by atoms with E-state index in [4.69, 9.17) is 0 Å². The second-order valence-corrected chi connectivity index (χ2v) is 4.25. The first kappa shape index (κ1) is 15.5. The first-order chi connectivity index (χ1) is 7.41. The summed E-state index contributed by atoms with van der Waals surface area (Å²) in [7, 11) is 0. The molecule has 1 atom stereocenters. The summed E-state index contributed by atoms with van der Waals surface area (Å²) in [4.78, 5) is 10.8. The van der Waals surface area contributed by atoms with Crippen LogP contribution >= 0.6 is 0 Å². The number of carbonyl (C=O) groups is 1. The molecule has 0 radical (unpaired) electrons. The summed E-state index contributed by atoms with van der Waals surface area (Å²) >= 11 is 0. The van der Waals surface area contributed by atoms with Crippen molar-refractivity contribution < 1.29 is 18.0 Å². The minimum Gasteiger partial charge on any atom is -0.290 e. The Morgan fingerprint density at radius 3 is 2.19 bits per heavy atom. The summed E-state index contributed by atoms with van der Waals surface area (Å²) < 4.78 is 36.1. The lowest BCUT2D eigenvalue weighted by molar-refractivity contribution is -0.172. The highest BCUT2D eigenvalue weighted by molar-refractivity contribution is 5.84. The third-order valence-corrected chi connectivity index (χ3v) is 2.83. The van der Waals surface area contributed by atoms with Crippen LogP contribution < -0.4 is 0 Å². The number of unbranched alkanes of at least 4 members (excludes halogenated alkanes) is 3. The van der Waals surface area contributed by atoms with E-state index < -0.39 is 12.0 Å². The van der Waals surface area contributed by atoms with Crippen molar-refractivity contribution >= 4 is 5.78 Å². The van der Waals surface area contributed by atoms with Gasteiger partial charge >= 0.3 is 6.18 Å². The van der Waals surface area contributed by atoms with Gasteiger partial charge in [0, 0.05) is 6.42 Å². The van der Waals surface area contributed by atoms with E-state index in [1.165, 1.54) is 0 Å². The van der Waals surface area contributed by atoms with Gasteiger partial charge in [0.25, 0.3) is 0 Å². The van der Waals surface area contributed by atoms with Gasteiger partial charge < -0.3 is 0 Å². The maximum atomic E-state index is 12.0. The Balaban J connectivity index is 3.87. The number of Topliss-reactive ketones (excluding diaryl/α,β-unsaturated/α-hetero) is 1. The Labute approximate surface area is 95.4 Å². The monoisotopic (exact) mass is 238 g/mol. The van der Waals surface area contributed by atoms with Gasteiger partial charge in [0.15, 0.2) is 0 Å². The van der Waals surface area contributed by atoms with Crippen LogP contribution in [0.2, 0.25) is 0 Å². The summed E-state index contributed by atoms with van der Waals surface area (Å²) in [5, 5.41) is 0. The van der Waals surface area contributed by atoms with Crippen molar-refractivity contribution in [1.82, 2.24) is 0 Å². The lowest BCUT2D eigenvalue weighted by Crippen LogP contribution is -2.25. The topological polar surface area (TPSA) is 17.1 Å². The van der Waals surface area contributed by atoms with Crippen molar-refractivity contribution in [2.45, 2.75) is 65.0 Å². The number of alkyl halides is 3. The van der Waals surface area contributed by atoms with Gasteiger partial charge in [-0.3, -0.25) is 4.79 Å². The van der Waals surface area contributed by atoms with E-state index in [-0.39, 0.29) is 12.3 Å². The van der Waals surface area contributed by atoms with Crippen molar-refractivity contribution in [3.05, 3.63) is 0 Å². The third-order valence-electron chi connectivity index (χ3n) is 2.83. The van der Waals surface area contributed by atoms with Crippen LogP contribution in [-0.4, -0.2) is 12.0 Å². The van der Waals surface area contributed by atoms with E-state index in [1.807, 2.05) is 6.92 Å². The van der Waals surface area contributed by atoms with E-state index >= 15 is 0 Å². The first-order valence-electron chi connectivity index (χ1n) is 6.01. The van der Waals surface area contributed by atoms with Gasteiger partial charge in [-0.1, -0.05) is 52.4 Å². The molecule has 96 valence electrons. The van der Waals surface area contributed by atoms with Gasteiger partial charge in [0.05, 0.1) is 0 Å². The molecular formula is C12H21F3O. The molecule has 0 saturated heterocycles. The van der Waals surface area contributed by atoms with Crippen LogP contribution in [-0.2, 0) is 4.79 Å². The molecule has 0 aliphatic rings. The van der Waals surface area contributed by atoms with E-state index in [2.05, 4.69) is 6.92 Å². The highest BCUT2D eigenvalue weighted by Crippen LogP contribution is 2.25. The van der Waals surface area contributed by atoms with Gasteiger partial charge in [-0.05, 0) is 5.92 Å². The van der Waals surface area contributed by atoms with Crippen molar-refractivity contribution in [3.8, 4) is 0 Å². The van der Waals surface area contributed by atoms with Gasteiger partial charge in [-0.15, -0.1) is 0 Å². The molecule has 0 spiro atoms. The molecule has 0 amide bonds. The van der Waals surface area contributed by atoms with E-state index in [1.54, 1.807) is 0 Å². The molecule has 1 nitrogen and oxygen atoms in total.